The number of carbonyl (C=O) groups is 3. The van der Waals surface area contributed by atoms with Gasteiger partial charge in [-0.1, -0.05) is 12.1 Å². The number of nitrogens with zero attached hydrogens (tertiary/aromatic N) is 1. The number of anilines is 1. The minimum absolute atomic E-state index is 0.0731. The number of hydrogen-bond donors (Lipinski definition) is 2. The van der Waals surface area contributed by atoms with Crippen LogP contribution in [0.15, 0.2) is 65.6 Å². The summed E-state index contributed by atoms with van der Waals surface area (Å²) in [5, 5.41) is 3.97. The van der Waals surface area contributed by atoms with Crippen molar-refractivity contribution in [1.29, 1.82) is 0 Å². The van der Waals surface area contributed by atoms with E-state index in [0.717, 1.165) is 42.1 Å². The molecule has 0 saturated heterocycles. The van der Waals surface area contributed by atoms with Gasteiger partial charge in [0.1, 0.15) is 35.4 Å². The second-order valence-electron chi connectivity index (χ2n) is 8.80. The average molecular weight is 546 g/mol. The highest BCUT2D eigenvalue weighted by molar-refractivity contribution is 7.99. The van der Waals surface area contributed by atoms with Crippen molar-refractivity contribution in [2.24, 2.45) is 0 Å². The van der Waals surface area contributed by atoms with E-state index >= 15 is 0 Å². The van der Waals surface area contributed by atoms with Crippen molar-refractivity contribution in [2.75, 3.05) is 11.9 Å². The maximum atomic E-state index is 14.9. The maximum Gasteiger partial charge on any atom is 0.250 e. The van der Waals surface area contributed by atoms with E-state index in [1.165, 1.54) is 18.9 Å². The Hall–Kier alpha value is -3.86. The minimum Gasteiger partial charge on any atom is -0.344 e. The molecule has 1 aliphatic heterocycles. The van der Waals surface area contributed by atoms with Gasteiger partial charge in [0.2, 0.25) is 11.8 Å². The normalized spacial score (nSPS) is 17.8. The van der Waals surface area contributed by atoms with Crippen LogP contribution in [0.5, 0.6) is 0 Å². The molecule has 4 rings (SSSR count). The molecule has 0 aromatic heterocycles. The number of halogens is 4. The highest BCUT2D eigenvalue weighted by Crippen LogP contribution is 2.46. The summed E-state index contributed by atoms with van der Waals surface area (Å²) < 4.78 is 55.8. The monoisotopic (exact) mass is 545 g/mol. The Morgan fingerprint density at radius 2 is 1.66 bits per heavy atom. The molecule has 0 saturated carbocycles. The Balaban J connectivity index is 1.57. The van der Waals surface area contributed by atoms with Crippen LogP contribution in [-0.4, -0.2) is 36.9 Å². The van der Waals surface area contributed by atoms with Gasteiger partial charge in [-0.3, -0.25) is 14.4 Å². The van der Waals surface area contributed by atoms with Crippen molar-refractivity contribution >= 4 is 35.2 Å². The van der Waals surface area contributed by atoms with E-state index in [1.54, 1.807) is 24.3 Å². The van der Waals surface area contributed by atoms with Crippen LogP contribution in [0, 0.1) is 23.3 Å². The molecule has 6 nitrogen and oxygen atoms in total. The fraction of sp³-hybridized carbons (Fsp3) is 0.222. The fourth-order valence-corrected chi connectivity index (χ4v) is 5.53. The van der Waals surface area contributed by atoms with Crippen LogP contribution in [0.3, 0.4) is 0 Å². The molecule has 198 valence electrons. The zero-order chi connectivity index (χ0) is 27.6. The van der Waals surface area contributed by atoms with Gasteiger partial charge in [0.05, 0.1) is 17.4 Å². The summed E-state index contributed by atoms with van der Waals surface area (Å²) in [5.41, 5.74) is 0.497. The van der Waals surface area contributed by atoms with Gasteiger partial charge < -0.3 is 15.5 Å². The highest BCUT2D eigenvalue weighted by Gasteiger charge is 2.40. The van der Waals surface area contributed by atoms with Crippen molar-refractivity contribution in [2.45, 2.75) is 35.6 Å². The van der Waals surface area contributed by atoms with E-state index in [0.29, 0.717) is 16.6 Å². The van der Waals surface area contributed by atoms with Crippen LogP contribution in [0.25, 0.3) is 0 Å². The standard InChI is InChI=1S/C27H23F4N3O3S/c1-14(32-23(35)11-15-9-17(29)12-18(30)10-15)26(36)33-24-25(19-13-16(28)7-8-20(19)31)38-22-6-4-3-5-21(22)34(2)27(24)37/h3-10,12-14,24-25H,11H2,1-2H3,(H,32,35)(H,33,36)/t14-,24-,25+/m0/s1. The van der Waals surface area contributed by atoms with Gasteiger partial charge in [0, 0.05) is 23.6 Å². The second kappa shape index (κ2) is 11.3. The number of rotatable bonds is 6. The van der Waals surface area contributed by atoms with Crippen molar-refractivity contribution < 1.29 is 31.9 Å². The smallest absolute Gasteiger partial charge is 0.250 e. The fourth-order valence-electron chi connectivity index (χ4n) is 4.14. The van der Waals surface area contributed by atoms with Crippen LogP contribution in [0.1, 0.15) is 23.3 Å². The summed E-state index contributed by atoms with van der Waals surface area (Å²) in [6.07, 6.45) is -0.389. The summed E-state index contributed by atoms with van der Waals surface area (Å²) in [6.45, 7) is 1.37. The maximum absolute atomic E-state index is 14.9. The van der Waals surface area contributed by atoms with Gasteiger partial charge in [-0.25, -0.2) is 17.6 Å². The number of benzene rings is 3. The third-order valence-corrected chi connectivity index (χ3v) is 7.38. The first-order valence-corrected chi connectivity index (χ1v) is 12.4. The average Bonchev–Trinajstić information content (AvgIpc) is 2.95. The van der Waals surface area contributed by atoms with E-state index in [1.807, 2.05) is 0 Å². The van der Waals surface area contributed by atoms with Crippen LogP contribution in [0.4, 0.5) is 23.2 Å². The van der Waals surface area contributed by atoms with Crippen molar-refractivity contribution in [3.05, 3.63) is 95.1 Å². The number of likely N-dealkylation sites (N-methyl/N-ethyl adjacent to an activating group) is 1. The lowest BCUT2D eigenvalue weighted by atomic mass is 10.0. The second-order valence-corrected chi connectivity index (χ2v) is 9.98. The largest absolute Gasteiger partial charge is 0.344 e. The number of hydrogen-bond acceptors (Lipinski definition) is 4. The molecule has 1 heterocycles. The van der Waals surface area contributed by atoms with E-state index < -0.39 is 58.3 Å². The van der Waals surface area contributed by atoms with E-state index in [4.69, 9.17) is 0 Å². The van der Waals surface area contributed by atoms with E-state index in [2.05, 4.69) is 10.6 Å². The predicted molar refractivity (Wildman–Crippen MR) is 134 cm³/mol. The van der Waals surface area contributed by atoms with Gasteiger partial charge >= 0.3 is 0 Å². The molecule has 0 fully saturated rings. The third kappa shape index (κ3) is 5.99. The quantitative estimate of drug-likeness (QED) is 0.454. The third-order valence-electron chi connectivity index (χ3n) is 6.00. The molecular weight excluding hydrogens is 522 g/mol. The van der Waals surface area contributed by atoms with Crippen LogP contribution < -0.4 is 15.5 Å². The summed E-state index contributed by atoms with van der Waals surface area (Å²) in [5.74, 6) is -5.16. The van der Waals surface area contributed by atoms with Gasteiger partial charge in [0.25, 0.3) is 5.91 Å². The summed E-state index contributed by atoms with van der Waals surface area (Å²) in [7, 11) is 1.51. The molecule has 38 heavy (non-hydrogen) atoms. The molecule has 2 N–H and O–H groups in total. The summed E-state index contributed by atoms with van der Waals surface area (Å²) in [6, 6.07) is 9.98. The number of thioether (sulfide) groups is 1. The first-order valence-electron chi connectivity index (χ1n) is 11.6. The van der Waals surface area contributed by atoms with E-state index in [-0.39, 0.29) is 17.5 Å². The van der Waals surface area contributed by atoms with Crippen molar-refractivity contribution in [3.63, 3.8) is 0 Å². The lowest BCUT2D eigenvalue weighted by Gasteiger charge is -2.28. The zero-order valence-corrected chi connectivity index (χ0v) is 21.1. The number of carbonyl (C=O) groups excluding carboxylic acids is 3. The number of para-hydroxylation sites is 1. The zero-order valence-electron chi connectivity index (χ0n) is 20.3. The van der Waals surface area contributed by atoms with Gasteiger partial charge in [0.15, 0.2) is 0 Å². The Kier molecular flexibility index (Phi) is 8.05. The van der Waals surface area contributed by atoms with Gasteiger partial charge in [-0.2, -0.15) is 0 Å². The molecule has 11 heteroatoms. The van der Waals surface area contributed by atoms with Crippen LogP contribution >= 0.6 is 11.8 Å². The first kappa shape index (κ1) is 27.2. The molecule has 0 aliphatic carbocycles. The lowest BCUT2D eigenvalue weighted by molar-refractivity contribution is -0.130. The first-order chi connectivity index (χ1) is 18.0. The Bertz CT molecular complexity index is 1380. The topological polar surface area (TPSA) is 78.5 Å². The summed E-state index contributed by atoms with van der Waals surface area (Å²) >= 11 is 1.10. The van der Waals surface area contributed by atoms with E-state index in [9.17, 15) is 31.9 Å². The minimum atomic E-state index is -1.32. The summed E-state index contributed by atoms with van der Waals surface area (Å²) in [4.78, 5) is 40.9. The van der Waals surface area contributed by atoms with Crippen LogP contribution in [-0.2, 0) is 20.8 Å². The number of fused-ring (bicyclic) bond motifs is 1. The SMILES string of the molecule is C[C@H](NC(=O)Cc1cc(F)cc(F)c1)C(=O)N[C@@H]1C(=O)N(C)c2ccccc2S[C@@H]1c1cc(F)ccc1F. The van der Waals surface area contributed by atoms with Gasteiger partial charge in [-0.15, -0.1) is 11.8 Å². The molecule has 1 aliphatic rings. The molecular formula is C27H23F4N3O3S. The lowest BCUT2D eigenvalue weighted by Crippen LogP contribution is -2.54. The number of nitrogens with one attached hydrogen (secondary N) is 2. The Labute approximate surface area is 220 Å². The molecule has 0 radical (unpaired) electrons. The molecule has 3 aromatic rings. The van der Waals surface area contributed by atoms with Crippen LogP contribution in [0.2, 0.25) is 0 Å². The van der Waals surface area contributed by atoms with Crippen molar-refractivity contribution in [1.82, 2.24) is 10.6 Å². The van der Waals surface area contributed by atoms with Gasteiger partial charge in [-0.05, 0) is 55.0 Å². The molecule has 0 unspecified atom stereocenters. The molecule has 3 amide bonds. The predicted octanol–water partition coefficient (Wildman–Crippen LogP) is 4.29. The molecule has 0 spiro atoms. The molecule has 3 aromatic carbocycles. The number of amides is 3. The molecule has 3 atom stereocenters. The Morgan fingerprint density at radius 1 is 0.974 bits per heavy atom. The highest BCUT2D eigenvalue weighted by atomic mass is 32.2. The Morgan fingerprint density at radius 3 is 2.37 bits per heavy atom. The van der Waals surface area contributed by atoms with Crippen molar-refractivity contribution in [3.8, 4) is 0 Å². The molecule has 0 bridgehead atoms.